The normalized spacial score (nSPS) is 13.1. The van der Waals surface area contributed by atoms with E-state index in [1.807, 2.05) is 12.1 Å². The third-order valence-electron chi connectivity index (χ3n) is 5.46. The maximum atomic E-state index is 13.0. The number of nitrogens with one attached hydrogen (secondary N) is 4. The lowest BCUT2D eigenvalue weighted by atomic mass is 10.0. The van der Waals surface area contributed by atoms with Gasteiger partial charge in [-0.1, -0.05) is 18.2 Å². The quantitative estimate of drug-likeness (QED) is 0.0674. The molecule has 0 fully saturated rings. The summed E-state index contributed by atoms with van der Waals surface area (Å²) in [5, 5.41) is 25.9. The summed E-state index contributed by atoms with van der Waals surface area (Å²) in [6.07, 6.45) is 1.34. The number of amides is 3. The first-order chi connectivity index (χ1) is 18.0. The number of nitrogens with zero attached hydrogens (tertiary/aromatic N) is 1. The van der Waals surface area contributed by atoms with E-state index < -0.39 is 60.8 Å². The molecule has 0 radical (unpaired) electrons. The van der Waals surface area contributed by atoms with Gasteiger partial charge in [-0.15, -0.1) is 0 Å². The second-order valence-electron chi connectivity index (χ2n) is 8.45. The van der Waals surface area contributed by atoms with E-state index in [1.54, 1.807) is 18.3 Å². The second-order valence-corrected chi connectivity index (χ2v) is 8.45. The van der Waals surface area contributed by atoms with Crippen LogP contribution < -0.4 is 33.2 Å². The monoisotopic (exact) mass is 532 g/mol. The number of carbonyl (C=O) groups excluding carboxylic acids is 3. The average molecular weight is 533 g/mol. The Morgan fingerprint density at radius 1 is 0.947 bits per heavy atom. The number of carboxylic acid groups (broad SMARTS) is 2. The van der Waals surface area contributed by atoms with Crippen LogP contribution in [-0.4, -0.2) is 82.0 Å². The molecule has 3 amide bonds. The molecule has 1 aromatic heterocycles. The summed E-state index contributed by atoms with van der Waals surface area (Å²) in [4.78, 5) is 67.5. The van der Waals surface area contributed by atoms with Crippen LogP contribution in [0.3, 0.4) is 0 Å². The summed E-state index contributed by atoms with van der Waals surface area (Å²) in [6, 6.07) is 3.31. The number of aromatic nitrogens is 1. The number of hydrogen-bond acceptors (Lipinski definition) is 7. The molecule has 1 heterocycles. The molecule has 0 aliphatic heterocycles. The number of guanidine groups is 1. The van der Waals surface area contributed by atoms with E-state index in [-0.39, 0.29) is 25.3 Å². The van der Waals surface area contributed by atoms with E-state index in [1.165, 1.54) is 0 Å². The largest absolute Gasteiger partial charge is 0.481 e. The third-order valence-corrected chi connectivity index (χ3v) is 5.46. The molecule has 0 saturated carbocycles. The van der Waals surface area contributed by atoms with E-state index >= 15 is 0 Å². The van der Waals surface area contributed by atoms with E-state index in [0.29, 0.717) is 12.0 Å². The maximum absolute atomic E-state index is 13.0. The Hall–Kier alpha value is -4.66. The van der Waals surface area contributed by atoms with Gasteiger partial charge in [0.1, 0.15) is 18.6 Å². The first-order valence-electron chi connectivity index (χ1n) is 11.7. The molecule has 12 N–H and O–H groups in total. The minimum Gasteiger partial charge on any atom is -0.481 e. The van der Waals surface area contributed by atoms with Crippen molar-refractivity contribution in [1.82, 2.24) is 20.9 Å². The highest BCUT2D eigenvalue weighted by Crippen LogP contribution is 2.19. The van der Waals surface area contributed by atoms with E-state index in [9.17, 15) is 29.1 Å². The lowest BCUT2D eigenvalue weighted by Crippen LogP contribution is -2.57. The Kier molecular flexibility index (Phi) is 11.0. The Labute approximate surface area is 217 Å². The van der Waals surface area contributed by atoms with Gasteiger partial charge in [0, 0.05) is 30.1 Å². The fraction of sp³-hybridized carbons (Fsp3) is 0.391. The predicted molar refractivity (Wildman–Crippen MR) is 137 cm³/mol. The molecule has 0 spiro atoms. The highest BCUT2D eigenvalue weighted by Gasteiger charge is 2.30. The molecule has 0 aliphatic carbocycles. The van der Waals surface area contributed by atoms with E-state index in [2.05, 4.69) is 25.9 Å². The van der Waals surface area contributed by atoms with Crippen LogP contribution in [0.4, 0.5) is 0 Å². The zero-order valence-electron chi connectivity index (χ0n) is 20.5. The standard InChI is InChI=1S/C23H32N8O7/c24-14(5-3-7-27-23(25)26)20(36)30-17(9-18(32)33)22(38)31-16(21(37)29-11-19(34)35)8-12-10-28-15-6-2-1-4-13(12)15/h1-2,4,6,10,14,16-17,28H,3,5,7-9,11,24H2,(H,29,37)(H,30,36)(H,31,38)(H,32,33)(H,34,35)(H4,25,26,27). The van der Waals surface area contributed by atoms with Crippen molar-refractivity contribution >= 4 is 46.5 Å². The van der Waals surface area contributed by atoms with Crippen molar-refractivity contribution in [2.24, 2.45) is 22.2 Å². The van der Waals surface area contributed by atoms with Crippen LogP contribution in [0.15, 0.2) is 35.5 Å². The summed E-state index contributed by atoms with van der Waals surface area (Å²) >= 11 is 0. The molecule has 0 bridgehead atoms. The number of aliphatic carboxylic acids is 2. The van der Waals surface area contributed by atoms with Crippen molar-refractivity contribution in [2.45, 2.75) is 43.8 Å². The van der Waals surface area contributed by atoms with Crippen LogP contribution in [0.1, 0.15) is 24.8 Å². The van der Waals surface area contributed by atoms with Crippen molar-refractivity contribution in [3.05, 3.63) is 36.0 Å². The Bertz CT molecular complexity index is 1190. The third kappa shape index (κ3) is 9.42. The summed E-state index contributed by atoms with van der Waals surface area (Å²) in [5.74, 6) is -5.32. The highest BCUT2D eigenvalue weighted by atomic mass is 16.4. The topological polar surface area (TPSA) is 268 Å². The number of hydrogen-bond donors (Lipinski definition) is 9. The number of carboxylic acids is 2. The molecule has 3 atom stereocenters. The number of benzene rings is 1. The number of fused-ring (bicyclic) bond motifs is 1. The Morgan fingerprint density at radius 2 is 1.63 bits per heavy atom. The summed E-state index contributed by atoms with van der Waals surface area (Å²) in [6.45, 7) is -0.466. The minimum absolute atomic E-state index is 0.0424. The minimum atomic E-state index is -1.55. The highest BCUT2D eigenvalue weighted by molar-refractivity contribution is 5.96. The number of aliphatic imine (C=N–C) groups is 1. The molecule has 15 nitrogen and oxygen atoms in total. The number of rotatable bonds is 15. The second kappa shape index (κ2) is 14.2. The van der Waals surface area contributed by atoms with Gasteiger partial charge >= 0.3 is 11.9 Å². The first kappa shape index (κ1) is 29.6. The molecule has 0 saturated heterocycles. The fourth-order valence-corrected chi connectivity index (χ4v) is 3.60. The van der Waals surface area contributed by atoms with Gasteiger partial charge < -0.3 is 48.3 Å². The van der Waals surface area contributed by atoms with Crippen LogP contribution in [0, 0.1) is 0 Å². The van der Waals surface area contributed by atoms with Crippen LogP contribution in [0.2, 0.25) is 0 Å². The summed E-state index contributed by atoms with van der Waals surface area (Å²) in [7, 11) is 0. The van der Waals surface area contributed by atoms with E-state index in [4.69, 9.17) is 22.3 Å². The summed E-state index contributed by atoms with van der Waals surface area (Å²) < 4.78 is 0. The lowest BCUT2D eigenvalue weighted by molar-refractivity contribution is -0.141. The van der Waals surface area contributed by atoms with Crippen LogP contribution in [-0.2, 0) is 30.4 Å². The molecule has 3 unspecified atom stereocenters. The fourth-order valence-electron chi connectivity index (χ4n) is 3.60. The molecular weight excluding hydrogens is 500 g/mol. The molecule has 2 rings (SSSR count). The van der Waals surface area contributed by atoms with Gasteiger partial charge in [0.15, 0.2) is 5.96 Å². The Balaban J connectivity index is 2.16. The van der Waals surface area contributed by atoms with Crippen LogP contribution >= 0.6 is 0 Å². The molecular formula is C23H32N8O7. The van der Waals surface area contributed by atoms with Gasteiger partial charge in [-0.05, 0) is 24.5 Å². The summed E-state index contributed by atoms with van der Waals surface area (Å²) in [5.41, 5.74) is 17.8. The van der Waals surface area contributed by atoms with Crippen molar-refractivity contribution in [1.29, 1.82) is 0 Å². The number of para-hydroxylation sites is 1. The van der Waals surface area contributed by atoms with Gasteiger partial charge in [0.2, 0.25) is 17.7 Å². The van der Waals surface area contributed by atoms with E-state index in [0.717, 1.165) is 10.9 Å². The predicted octanol–water partition coefficient (Wildman–Crippen LogP) is -2.26. The molecule has 1 aromatic carbocycles. The van der Waals surface area contributed by atoms with Crippen LogP contribution in [0.25, 0.3) is 10.9 Å². The average Bonchev–Trinajstić information content (AvgIpc) is 3.26. The lowest BCUT2D eigenvalue weighted by Gasteiger charge is -2.23. The van der Waals surface area contributed by atoms with Crippen molar-refractivity contribution in [2.75, 3.05) is 13.1 Å². The first-order valence-corrected chi connectivity index (χ1v) is 11.7. The smallest absolute Gasteiger partial charge is 0.322 e. The SMILES string of the molecule is NC(N)=NCCCC(N)C(=O)NC(CC(=O)O)C(=O)NC(Cc1c[nH]c2ccccc12)C(=O)NCC(=O)O. The molecule has 38 heavy (non-hydrogen) atoms. The molecule has 2 aromatic rings. The maximum Gasteiger partial charge on any atom is 0.322 e. The number of carbonyl (C=O) groups is 5. The zero-order valence-corrected chi connectivity index (χ0v) is 20.5. The van der Waals surface area contributed by atoms with Crippen molar-refractivity contribution in [3.8, 4) is 0 Å². The number of aromatic amines is 1. The molecule has 0 aliphatic rings. The molecule has 206 valence electrons. The number of H-pyrrole nitrogens is 1. The van der Waals surface area contributed by atoms with Gasteiger partial charge in [-0.3, -0.25) is 29.0 Å². The van der Waals surface area contributed by atoms with Gasteiger partial charge in [-0.25, -0.2) is 0 Å². The number of nitrogens with two attached hydrogens (primary N) is 3. The molecule has 15 heteroatoms. The Morgan fingerprint density at radius 3 is 2.29 bits per heavy atom. The van der Waals surface area contributed by atoms with Gasteiger partial charge in [-0.2, -0.15) is 0 Å². The van der Waals surface area contributed by atoms with Crippen molar-refractivity contribution < 1.29 is 34.2 Å². The van der Waals surface area contributed by atoms with Crippen LogP contribution in [0.5, 0.6) is 0 Å². The van der Waals surface area contributed by atoms with Gasteiger partial charge in [0.25, 0.3) is 0 Å². The zero-order chi connectivity index (χ0) is 28.2. The van der Waals surface area contributed by atoms with Gasteiger partial charge in [0.05, 0.1) is 12.5 Å². The van der Waals surface area contributed by atoms with Crippen molar-refractivity contribution in [3.63, 3.8) is 0 Å².